The van der Waals surface area contributed by atoms with Gasteiger partial charge in [-0.15, -0.1) is 0 Å². The molecule has 0 bridgehead atoms. The number of aliphatic hydroxyl groups excluding tert-OH is 2. The number of hydrogen-bond donors (Lipinski definition) is 2. The second-order valence-corrected chi connectivity index (χ2v) is 9.13. The molecule has 0 aliphatic heterocycles. The van der Waals surface area contributed by atoms with Crippen LogP contribution in [0.4, 0.5) is 0 Å². The molecule has 0 amide bonds. The summed E-state index contributed by atoms with van der Waals surface area (Å²) in [4.78, 5) is 52.2. The lowest BCUT2D eigenvalue weighted by molar-refractivity contribution is -0.131. The van der Waals surface area contributed by atoms with Gasteiger partial charge in [-0.25, -0.2) is 9.59 Å². The van der Waals surface area contributed by atoms with Gasteiger partial charge in [-0.2, -0.15) is 0 Å². The Balaban J connectivity index is 1.62. The first kappa shape index (κ1) is 31.4. The quantitative estimate of drug-likeness (QED) is 0.106. The van der Waals surface area contributed by atoms with E-state index in [1.807, 2.05) is 0 Å². The standard InChI is InChI=1S/C34H28O10/c1-41-27-15-13-23(31(39)21-9-5-3-6-10-21)33(25(27)19-35)43-29(37)17-18-30(38)44-34-24(14-16-28(42-2)26(34)20-36)32(40)22-11-7-4-8-12-22/h3-18,35-36H,19-20H2,1-2H3/b18-17-. The number of carbonyl (C=O) groups excluding carboxylic acids is 4. The Morgan fingerprint density at radius 2 is 0.932 bits per heavy atom. The SMILES string of the molecule is COc1ccc(C(=O)c2ccccc2)c(OC(=O)/C=C\C(=O)Oc2c(C(=O)c3ccccc3)ccc(OC)c2CO)c1CO. The Labute approximate surface area is 252 Å². The van der Waals surface area contributed by atoms with Crippen molar-refractivity contribution in [2.75, 3.05) is 14.2 Å². The zero-order valence-corrected chi connectivity index (χ0v) is 23.8. The molecule has 0 aromatic heterocycles. The van der Waals surface area contributed by atoms with E-state index >= 15 is 0 Å². The zero-order chi connectivity index (χ0) is 31.6. The van der Waals surface area contributed by atoms with E-state index in [2.05, 4.69) is 0 Å². The molecule has 224 valence electrons. The fourth-order valence-electron chi connectivity index (χ4n) is 4.39. The zero-order valence-electron chi connectivity index (χ0n) is 23.8. The van der Waals surface area contributed by atoms with E-state index in [0.717, 1.165) is 12.2 Å². The van der Waals surface area contributed by atoms with Crippen molar-refractivity contribution in [3.63, 3.8) is 0 Å². The molecule has 10 heteroatoms. The highest BCUT2D eigenvalue weighted by atomic mass is 16.5. The van der Waals surface area contributed by atoms with E-state index < -0.39 is 36.7 Å². The third-order valence-corrected chi connectivity index (χ3v) is 6.51. The maximum absolute atomic E-state index is 13.2. The number of ether oxygens (including phenoxy) is 4. The van der Waals surface area contributed by atoms with Gasteiger partial charge in [0.2, 0.25) is 0 Å². The highest BCUT2D eigenvalue weighted by molar-refractivity contribution is 6.12. The van der Waals surface area contributed by atoms with Gasteiger partial charge in [0.1, 0.15) is 11.5 Å². The summed E-state index contributed by atoms with van der Waals surface area (Å²) in [5.74, 6) is -3.22. The molecule has 0 heterocycles. The largest absolute Gasteiger partial charge is 0.496 e. The van der Waals surface area contributed by atoms with Crippen molar-refractivity contribution in [1.82, 2.24) is 0 Å². The first-order valence-corrected chi connectivity index (χ1v) is 13.3. The Bertz CT molecular complexity index is 1580. The monoisotopic (exact) mass is 596 g/mol. The van der Waals surface area contributed by atoms with Crippen LogP contribution in [0.1, 0.15) is 43.0 Å². The third kappa shape index (κ3) is 6.89. The number of esters is 2. The van der Waals surface area contributed by atoms with Gasteiger partial charge < -0.3 is 29.2 Å². The molecule has 0 radical (unpaired) electrons. The van der Waals surface area contributed by atoms with Gasteiger partial charge in [0.25, 0.3) is 0 Å². The Morgan fingerprint density at radius 3 is 1.25 bits per heavy atom. The number of rotatable bonds is 12. The molecular formula is C34H28O10. The van der Waals surface area contributed by atoms with Gasteiger partial charge in [0.15, 0.2) is 23.1 Å². The van der Waals surface area contributed by atoms with Crippen molar-refractivity contribution in [3.05, 3.63) is 130 Å². The molecule has 44 heavy (non-hydrogen) atoms. The molecule has 0 spiro atoms. The summed E-state index contributed by atoms with van der Waals surface area (Å²) in [6.45, 7) is -1.24. The molecule has 4 aromatic rings. The first-order valence-electron chi connectivity index (χ1n) is 13.3. The molecule has 0 unspecified atom stereocenters. The first-order chi connectivity index (χ1) is 21.3. The lowest BCUT2D eigenvalue weighted by Crippen LogP contribution is -2.15. The summed E-state index contributed by atoms with van der Waals surface area (Å²) >= 11 is 0. The summed E-state index contributed by atoms with van der Waals surface area (Å²) < 4.78 is 21.4. The lowest BCUT2D eigenvalue weighted by Gasteiger charge is -2.16. The van der Waals surface area contributed by atoms with Crippen molar-refractivity contribution in [1.29, 1.82) is 0 Å². The van der Waals surface area contributed by atoms with Crippen LogP contribution in [0.2, 0.25) is 0 Å². The lowest BCUT2D eigenvalue weighted by atomic mass is 9.99. The van der Waals surface area contributed by atoms with Gasteiger partial charge in [-0.3, -0.25) is 9.59 Å². The normalized spacial score (nSPS) is 10.7. The molecular weight excluding hydrogens is 568 g/mol. The Hall–Kier alpha value is -5.58. The van der Waals surface area contributed by atoms with Crippen LogP contribution in [0, 0.1) is 0 Å². The van der Waals surface area contributed by atoms with E-state index in [-0.39, 0.29) is 45.3 Å². The van der Waals surface area contributed by atoms with Crippen LogP contribution in [0.15, 0.2) is 97.1 Å². The van der Waals surface area contributed by atoms with Crippen molar-refractivity contribution >= 4 is 23.5 Å². The fourth-order valence-corrected chi connectivity index (χ4v) is 4.39. The maximum atomic E-state index is 13.2. The van der Waals surface area contributed by atoms with Crippen LogP contribution in [0.25, 0.3) is 0 Å². The summed E-state index contributed by atoms with van der Waals surface area (Å²) in [5, 5.41) is 20.0. The average Bonchev–Trinajstić information content (AvgIpc) is 3.06. The minimum Gasteiger partial charge on any atom is -0.496 e. The predicted molar refractivity (Wildman–Crippen MR) is 158 cm³/mol. The highest BCUT2D eigenvalue weighted by Crippen LogP contribution is 2.35. The number of hydrogen-bond acceptors (Lipinski definition) is 10. The topological polar surface area (TPSA) is 146 Å². The van der Waals surface area contributed by atoms with Gasteiger partial charge in [0, 0.05) is 23.3 Å². The Kier molecular flexibility index (Phi) is 10.4. The van der Waals surface area contributed by atoms with Crippen LogP contribution in [-0.2, 0) is 22.8 Å². The minimum atomic E-state index is -1.07. The highest BCUT2D eigenvalue weighted by Gasteiger charge is 2.24. The summed E-state index contributed by atoms with van der Waals surface area (Å²) in [5.41, 5.74) is 0.698. The van der Waals surface area contributed by atoms with Crippen molar-refractivity contribution < 1.29 is 48.3 Å². The van der Waals surface area contributed by atoms with Gasteiger partial charge in [-0.1, -0.05) is 60.7 Å². The van der Waals surface area contributed by atoms with E-state index in [4.69, 9.17) is 18.9 Å². The smallest absolute Gasteiger partial charge is 0.336 e. The molecule has 10 nitrogen and oxygen atoms in total. The second kappa shape index (κ2) is 14.5. The predicted octanol–water partition coefficient (Wildman–Crippen LogP) is 4.22. The van der Waals surface area contributed by atoms with Crippen LogP contribution >= 0.6 is 0 Å². The second-order valence-electron chi connectivity index (χ2n) is 9.13. The molecule has 0 saturated carbocycles. The van der Waals surface area contributed by atoms with Crippen LogP contribution in [0.5, 0.6) is 23.0 Å². The van der Waals surface area contributed by atoms with Crippen LogP contribution in [0.3, 0.4) is 0 Å². The van der Waals surface area contributed by atoms with Crippen molar-refractivity contribution in [2.24, 2.45) is 0 Å². The number of aliphatic hydroxyl groups is 2. The maximum Gasteiger partial charge on any atom is 0.336 e. The molecule has 0 saturated heterocycles. The Morgan fingerprint density at radius 1 is 0.568 bits per heavy atom. The van der Waals surface area contributed by atoms with E-state index in [0.29, 0.717) is 11.1 Å². The number of methoxy groups -OCH3 is 2. The van der Waals surface area contributed by atoms with Gasteiger partial charge >= 0.3 is 11.9 Å². The van der Waals surface area contributed by atoms with Crippen molar-refractivity contribution in [2.45, 2.75) is 13.2 Å². The van der Waals surface area contributed by atoms with Crippen LogP contribution < -0.4 is 18.9 Å². The summed E-state index contributed by atoms with van der Waals surface area (Å²) in [6.07, 6.45) is 1.52. The number of benzene rings is 4. The van der Waals surface area contributed by atoms with E-state index in [1.54, 1.807) is 60.7 Å². The van der Waals surface area contributed by atoms with Crippen LogP contribution in [-0.4, -0.2) is 47.9 Å². The van der Waals surface area contributed by atoms with Crippen molar-refractivity contribution in [3.8, 4) is 23.0 Å². The van der Waals surface area contributed by atoms with E-state index in [9.17, 15) is 29.4 Å². The van der Waals surface area contributed by atoms with Gasteiger partial charge in [-0.05, 0) is 24.3 Å². The number of carbonyl (C=O) groups is 4. The molecule has 0 fully saturated rings. The third-order valence-electron chi connectivity index (χ3n) is 6.51. The molecule has 0 aliphatic carbocycles. The number of ketones is 2. The van der Waals surface area contributed by atoms with E-state index in [1.165, 1.54) is 38.5 Å². The summed E-state index contributed by atoms with van der Waals surface area (Å²) in [7, 11) is 2.70. The molecule has 2 N–H and O–H groups in total. The van der Waals surface area contributed by atoms with Gasteiger partial charge in [0.05, 0.1) is 49.7 Å². The summed E-state index contributed by atoms with van der Waals surface area (Å²) in [6, 6.07) is 22.3. The molecule has 4 aromatic carbocycles. The molecule has 4 rings (SSSR count). The average molecular weight is 597 g/mol. The minimum absolute atomic E-state index is 0.0154. The molecule has 0 atom stereocenters. The molecule has 0 aliphatic rings. The fraction of sp³-hybridized carbons (Fsp3) is 0.118.